The highest BCUT2D eigenvalue weighted by Crippen LogP contribution is 2.50. The van der Waals surface area contributed by atoms with Crippen molar-refractivity contribution in [3.63, 3.8) is 0 Å². The lowest BCUT2D eigenvalue weighted by Gasteiger charge is -2.13. The van der Waals surface area contributed by atoms with Gasteiger partial charge in [-0.05, 0) is 53.9 Å². The number of nitrogens with one attached hydrogen (secondary N) is 3. The number of amidine groups is 1. The lowest BCUT2D eigenvalue weighted by Crippen LogP contribution is -2.29. The third-order valence-electron chi connectivity index (χ3n) is 5.51. The van der Waals surface area contributed by atoms with E-state index in [4.69, 9.17) is 32.4 Å². The molecule has 176 valence electrons. The number of thioether (sulfide) groups is 1. The molecule has 0 spiro atoms. The summed E-state index contributed by atoms with van der Waals surface area (Å²) in [7, 11) is 1.47. The highest BCUT2D eigenvalue weighted by atomic mass is 35.5. The molecule has 8 nitrogen and oxygen atoms in total. The second-order valence-electron chi connectivity index (χ2n) is 7.67. The summed E-state index contributed by atoms with van der Waals surface area (Å²) in [5, 5.41) is 28.0. The number of nitriles is 1. The van der Waals surface area contributed by atoms with Gasteiger partial charge in [0.15, 0.2) is 5.17 Å². The molecule has 3 aromatic rings. The molecular formula is C24H18ClFN6O2S. The molecule has 35 heavy (non-hydrogen) atoms. The van der Waals surface area contributed by atoms with E-state index in [-0.39, 0.29) is 38.3 Å². The highest BCUT2D eigenvalue weighted by Gasteiger charge is 2.43. The first-order valence-electron chi connectivity index (χ1n) is 10.3. The Bertz CT molecular complexity index is 1390. The minimum Gasteiger partial charge on any atom is -0.494 e. The number of nitrogens with zero attached hydrogens (tertiary/aromatic N) is 3. The number of pyridine rings is 2. The molecule has 1 amide bonds. The van der Waals surface area contributed by atoms with Gasteiger partial charge in [-0.15, -0.1) is 0 Å². The molecule has 1 aromatic carbocycles. The van der Waals surface area contributed by atoms with Crippen LogP contribution in [0.3, 0.4) is 0 Å². The summed E-state index contributed by atoms with van der Waals surface area (Å²) < 4.78 is 19.6. The molecule has 1 aliphatic rings. The molecule has 1 aliphatic carbocycles. The molecule has 1 fully saturated rings. The van der Waals surface area contributed by atoms with Gasteiger partial charge in [0.05, 0.1) is 35.5 Å². The van der Waals surface area contributed by atoms with E-state index >= 15 is 0 Å². The topological polar surface area (TPSA) is 136 Å². The largest absolute Gasteiger partial charge is 0.494 e. The summed E-state index contributed by atoms with van der Waals surface area (Å²) >= 11 is 6.83. The van der Waals surface area contributed by atoms with Crippen LogP contribution < -0.4 is 10.1 Å². The van der Waals surface area contributed by atoms with Gasteiger partial charge in [0, 0.05) is 29.4 Å². The molecule has 0 aliphatic heterocycles. The van der Waals surface area contributed by atoms with E-state index in [0.29, 0.717) is 28.9 Å². The number of rotatable bonds is 5. The predicted octanol–water partition coefficient (Wildman–Crippen LogP) is 5.00. The fourth-order valence-electron chi connectivity index (χ4n) is 3.71. The van der Waals surface area contributed by atoms with Crippen LogP contribution in [0.15, 0.2) is 48.9 Å². The number of ether oxygens (including phenoxy) is 1. The van der Waals surface area contributed by atoms with E-state index in [1.807, 2.05) is 6.07 Å². The SMILES string of the molecule is COc1cnc(Cl)cc1-c1cnccc1C(=O)NC(=N)SC(=N)C1CC1c1ccc(C#N)cc1F. The Morgan fingerprint density at radius 1 is 1.29 bits per heavy atom. The minimum atomic E-state index is -0.562. The Morgan fingerprint density at radius 2 is 2.09 bits per heavy atom. The molecule has 4 rings (SSSR count). The molecule has 2 atom stereocenters. The Hall–Kier alpha value is -3.81. The number of methoxy groups -OCH3 is 1. The van der Waals surface area contributed by atoms with Gasteiger partial charge in [0.2, 0.25) is 0 Å². The fourth-order valence-corrected chi connectivity index (χ4v) is 4.64. The zero-order chi connectivity index (χ0) is 25.1. The molecule has 2 unspecified atom stereocenters. The molecule has 0 bridgehead atoms. The number of carbonyl (C=O) groups excluding carboxylic acids is 1. The Morgan fingerprint density at radius 3 is 2.80 bits per heavy atom. The lowest BCUT2D eigenvalue weighted by atomic mass is 10.0. The number of benzene rings is 1. The summed E-state index contributed by atoms with van der Waals surface area (Å²) in [6, 6.07) is 9.25. The van der Waals surface area contributed by atoms with E-state index in [0.717, 1.165) is 11.8 Å². The van der Waals surface area contributed by atoms with E-state index < -0.39 is 11.7 Å². The second kappa shape index (κ2) is 10.2. The van der Waals surface area contributed by atoms with Crippen LogP contribution in [0.2, 0.25) is 5.15 Å². The molecular weight excluding hydrogens is 491 g/mol. The van der Waals surface area contributed by atoms with Crippen molar-refractivity contribution in [2.45, 2.75) is 12.3 Å². The van der Waals surface area contributed by atoms with Gasteiger partial charge in [0.25, 0.3) is 5.91 Å². The van der Waals surface area contributed by atoms with Crippen molar-refractivity contribution in [3.05, 3.63) is 76.6 Å². The Balaban J connectivity index is 1.43. The highest BCUT2D eigenvalue weighted by molar-refractivity contribution is 8.26. The number of hydrogen-bond acceptors (Lipinski definition) is 8. The van der Waals surface area contributed by atoms with Crippen LogP contribution in [0.25, 0.3) is 11.1 Å². The smallest absolute Gasteiger partial charge is 0.257 e. The molecule has 2 aromatic heterocycles. The van der Waals surface area contributed by atoms with Gasteiger partial charge in [-0.3, -0.25) is 20.6 Å². The van der Waals surface area contributed by atoms with Crippen molar-refractivity contribution in [1.29, 1.82) is 16.1 Å². The molecule has 2 heterocycles. The normalized spacial score (nSPS) is 16.2. The lowest BCUT2D eigenvalue weighted by molar-refractivity contribution is 0.0978. The van der Waals surface area contributed by atoms with Crippen LogP contribution >= 0.6 is 23.4 Å². The van der Waals surface area contributed by atoms with Crippen LogP contribution in [0.4, 0.5) is 4.39 Å². The van der Waals surface area contributed by atoms with Gasteiger partial charge in [-0.2, -0.15) is 5.26 Å². The van der Waals surface area contributed by atoms with E-state index in [9.17, 15) is 9.18 Å². The standard InChI is InChI=1S/C24H18ClFN6O2S/c1-34-20-11-31-21(25)8-16(20)18-10-30-5-4-14(18)23(33)32-24(29)35-22(28)17-7-15(17)13-3-2-12(9-27)6-19(13)26/h2-6,8,10-11,15,17,28H,7H2,1H3,(H2,29,32,33). The summed E-state index contributed by atoms with van der Waals surface area (Å²) in [4.78, 5) is 21.0. The first-order valence-corrected chi connectivity index (χ1v) is 11.5. The van der Waals surface area contributed by atoms with Crippen molar-refractivity contribution >= 4 is 39.5 Å². The van der Waals surface area contributed by atoms with Crippen LogP contribution in [0.1, 0.15) is 33.8 Å². The molecule has 11 heteroatoms. The first kappa shape index (κ1) is 24.3. The monoisotopic (exact) mass is 508 g/mol. The fraction of sp³-hybridized carbons (Fsp3) is 0.167. The average Bonchev–Trinajstić information content (AvgIpc) is 3.64. The quantitative estimate of drug-likeness (QED) is 0.252. The first-order chi connectivity index (χ1) is 16.8. The Kier molecular flexibility index (Phi) is 7.10. The third kappa shape index (κ3) is 5.31. The average molecular weight is 509 g/mol. The zero-order valence-electron chi connectivity index (χ0n) is 18.3. The van der Waals surface area contributed by atoms with E-state index in [1.165, 1.54) is 37.8 Å². The van der Waals surface area contributed by atoms with Crippen LogP contribution in [0.5, 0.6) is 5.75 Å². The molecule has 0 saturated heterocycles. The number of amides is 1. The second-order valence-corrected chi connectivity index (χ2v) is 9.11. The van der Waals surface area contributed by atoms with Gasteiger partial charge < -0.3 is 10.1 Å². The van der Waals surface area contributed by atoms with Gasteiger partial charge >= 0.3 is 0 Å². The number of halogens is 2. The van der Waals surface area contributed by atoms with Crippen LogP contribution in [-0.2, 0) is 0 Å². The number of hydrogen-bond donors (Lipinski definition) is 3. The summed E-state index contributed by atoms with van der Waals surface area (Å²) in [5.41, 5.74) is 1.88. The third-order valence-corrected chi connectivity index (χ3v) is 6.54. The maximum atomic E-state index is 14.3. The maximum absolute atomic E-state index is 14.3. The predicted molar refractivity (Wildman–Crippen MR) is 132 cm³/mol. The van der Waals surface area contributed by atoms with Crippen LogP contribution in [-0.4, -0.2) is 33.2 Å². The van der Waals surface area contributed by atoms with Gasteiger partial charge in [0.1, 0.15) is 16.7 Å². The summed E-state index contributed by atoms with van der Waals surface area (Å²) in [6.45, 7) is 0. The summed E-state index contributed by atoms with van der Waals surface area (Å²) in [5.74, 6) is -1.08. The van der Waals surface area contributed by atoms with Crippen molar-refractivity contribution in [2.24, 2.45) is 5.92 Å². The number of carbonyl (C=O) groups is 1. The van der Waals surface area contributed by atoms with Crippen LogP contribution in [0, 0.1) is 33.9 Å². The molecule has 3 N–H and O–H groups in total. The minimum absolute atomic E-state index is 0.154. The molecule has 1 saturated carbocycles. The van der Waals surface area contributed by atoms with Crippen molar-refractivity contribution < 1.29 is 13.9 Å². The van der Waals surface area contributed by atoms with Gasteiger partial charge in [-0.25, -0.2) is 9.37 Å². The zero-order valence-corrected chi connectivity index (χ0v) is 19.9. The molecule has 0 radical (unpaired) electrons. The van der Waals surface area contributed by atoms with Crippen molar-refractivity contribution in [1.82, 2.24) is 15.3 Å². The maximum Gasteiger partial charge on any atom is 0.257 e. The van der Waals surface area contributed by atoms with Gasteiger partial charge in [-0.1, -0.05) is 17.7 Å². The van der Waals surface area contributed by atoms with E-state index in [2.05, 4.69) is 15.3 Å². The summed E-state index contributed by atoms with van der Waals surface area (Å²) in [6.07, 6.45) is 4.94. The Labute approximate surface area is 209 Å². The van der Waals surface area contributed by atoms with E-state index in [1.54, 1.807) is 18.2 Å². The number of aromatic nitrogens is 2. The van der Waals surface area contributed by atoms with Crippen molar-refractivity contribution in [2.75, 3.05) is 7.11 Å². The van der Waals surface area contributed by atoms with Crippen molar-refractivity contribution in [3.8, 4) is 22.9 Å².